The molecule has 0 N–H and O–H groups in total. The lowest BCUT2D eigenvalue weighted by atomic mass is 10.1. The lowest BCUT2D eigenvalue weighted by Crippen LogP contribution is -1.83. The second kappa shape index (κ2) is 4.30. The molecule has 0 aliphatic heterocycles. The lowest BCUT2D eigenvalue weighted by Gasteiger charge is -2.03. The van der Waals surface area contributed by atoms with Crippen molar-refractivity contribution < 1.29 is 0 Å². The summed E-state index contributed by atoms with van der Waals surface area (Å²) in [4.78, 5) is 8.62. The van der Waals surface area contributed by atoms with Gasteiger partial charge in [-0.2, -0.15) is 4.99 Å². The molecule has 0 aliphatic rings. The summed E-state index contributed by atoms with van der Waals surface area (Å²) < 4.78 is 0. The third-order valence-corrected chi connectivity index (χ3v) is 3.01. The van der Waals surface area contributed by atoms with Crippen LogP contribution in [0.25, 0.3) is 21.8 Å². The van der Waals surface area contributed by atoms with Gasteiger partial charge in [-0.25, -0.2) is 4.98 Å². The van der Waals surface area contributed by atoms with Crippen molar-refractivity contribution in [2.75, 3.05) is 0 Å². The van der Waals surface area contributed by atoms with E-state index < -0.39 is 0 Å². The van der Waals surface area contributed by atoms with Gasteiger partial charge < -0.3 is 0 Å². The van der Waals surface area contributed by atoms with E-state index in [1.165, 1.54) is 5.56 Å². The molecule has 0 radical (unpaired) electrons. The Kier molecular flexibility index (Phi) is 2.63. The van der Waals surface area contributed by atoms with E-state index in [1.807, 2.05) is 24.3 Å². The summed E-state index contributed by atoms with van der Waals surface area (Å²) in [5, 5.41) is 4.60. The van der Waals surface area contributed by atoms with Gasteiger partial charge in [-0.15, -0.1) is 0 Å². The fourth-order valence-electron chi connectivity index (χ4n) is 2.07. The maximum atomic E-state index is 4.63. The number of aliphatic imine (C=N–C) groups is 1. The van der Waals surface area contributed by atoms with Gasteiger partial charge in [0.25, 0.3) is 0 Å². The molecule has 1 aromatic heterocycles. The minimum atomic E-state index is 0.811. The van der Waals surface area contributed by atoms with Crippen molar-refractivity contribution in [2.45, 2.75) is 6.92 Å². The predicted octanol–water partition coefficient (Wildman–Crippen LogP) is 4.43. The molecular formula is C15H10N2S. The monoisotopic (exact) mass is 250 g/mol. The fraction of sp³-hybridized carbons (Fsp3) is 0.0667. The molecule has 18 heavy (non-hydrogen) atoms. The van der Waals surface area contributed by atoms with Crippen molar-refractivity contribution in [3.05, 3.63) is 48.0 Å². The number of fused-ring (bicyclic) bond motifs is 2. The minimum Gasteiger partial charge on any atom is -0.248 e. The van der Waals surface area contributed by atoms with E-state index in [2.05, 4.69) is 52.5 Å². The number of rotatable bonds is 1. The van der Waals surface area contributed by atoms with Crippen molar-refractivity contribution in [3.63, 3.8) is 0 Å². The average Bonchev–Trinajstić information content (AvgIpc) is 2.36. The zero-order valence-electron chi connectivity index (χ0n) is 9.84. The maximum Gasteiger partial charge on any atom is 0.0747 e. The maximum absolute atomic E-state index is 4.63. The Balaban J connectivity index is 2.34. The Morgan fingerprint density at radius 3 is 2.50 bits per heavy atom. The molecule has 0 saturated heterocycles. The SMILES string of the molecule is Cc1ccc2nc3ccc(N=C=S)cc3cc2c1. The van der Waals surface area contributed by atoms with E-state index in [9.17, 15) is 0 Å². The Bertz CT molecular complexity index is 802. The van der Waals surface area contributed by atoms with Crippen LogP contribution in [-0.2, 0) is 0 Å². The highest BCUT2D eigenvalue weighted by atomic mass is 32.1. The molecule has 3 heteroatoms. The molecule has 0 spiro atoms. The van der Waals surface area contributed by atoms with Crippen LogP contribution >= 0.6 is 12.2 Å². The minimum absolute atomic E-state index is 0.811. The molecule has 2 nitrogen and oxygen atoms in total. The van der Waals surface area contributed by atoms with Crippen LogP contribution in [0.4, 0.5) is 5.69 Å². The lowest BCUT2D eigenvalue weighted by molar-refractivity contribution is 1.45. The van der Waals surface area contributed by atoms with E-state index in [1.54, 1.807) is 0 Å². The van der Waals surface area contributed by atoms with Crippen LogP contribution in [0, 0.1) is 6.92 Å². The summed E-state index contributed by atoms with van der Waals surface area (Å²) in [5.41, 5.74) is 4.02. The van der Waals surface area contributed by atoms with Crippen LogP contribution in [0.1, 0.15) is 5.56 Å². The summed E-state index contributed by atoms with van der Waals surface area (Å²) in [5.74, 6) is 0. The van der Waals surface area contributed by atoms with E-state index in [4.69, 9.17) is 0 Å². The molecule has 0 bridgehead atoms. The number of nitrogens with zero attached hydrogens (tertiary/aromatic N) is 2. The Hall–Kier alpha value is -2.09. The van der Waals surface area contributed by atoms with Gasteiger partial charge in [-0.1, -0.05) is 11.6 Å². The van der Waals surface area contributed by atoms with Crippen LogP contribution in [0.2, 0.25) is 0 Å². The highest BCUT2D eigenvalue weighted by Gasteiger charge is 2.01. The third-order valence-electron chi connectivity index (χ3n) is 2.92. The molecule has 0 saturated carbocycles. The topological polar surface area (TPSA) is 25.2 Å². The molecule has 3 rings (SSSR count). The predicted molar refractivity (Wildman–Crippen MR) is 78.7 cm³/mol. The molecule has 0 atom stereocenters. The number of thiocarbonyl (C=S) groups is 1. The largest absolute Gasteiger partial charge is 0.248 e. The first-order valence-electron chi connectivity index (χ1n) is 5.65. The van der Waals surface area contributed by atoms with Crippen LogP contribution in [0.15, 0.2) is 47.5 Å². The molecular weight excluding hydrogens is 240 g/mol. The molecule has 0 aliphatic carbocycles. The zero-order valence-corrected chi connectivity index (χ0v) is 10.7. The molecule has 86 valence electrons. The molecule has 0 amide bonds. The van der Waals surface area contributed by atoms with Gasteiger partial charge in [0, 0.05) is 10.8 Å². The Morgan fingerprint density at radius 1 is 1.00 bits per heavy atom. The first kappa shape index (κ1) is 11.0. The zero-order chi connectivity index (χ0) is 12.5. The average molecular weight is 250 g/mol. The number of isothiocyanates is 1. The van der Waals surface area contributed by atoms with Gasteiger partial charge in [0.15, 0.2) is 0 Å². The van der Waals surface area contributed by atoms with E-state index >= 15 is 0 Å². The highest BCUT2D eigenvalue weighted by molar-refractivity contribution is 7.78. The second-order valence-corrected chi connectivity index (χ2v) is 4.45. The normalized spacial score (nSPS) is 10.5. The van der Waals surface area contributed by atoms with Gasteiger partial charge in [0.2, 0.25) is 0 Å². The Morgan fingerprint density at radius 2 is 1.72 bits per heavy atom. The number of hydrogen-bond acceptors (Lipinski definition) is 3. The van der Waals surface area contributed by atoms with E-state index in [-0.39, 0.29) is 0 Å². The number of aromatic nitrogens is 1. The van der Waals surface area contributed by atoms with Crippen molar-refractivity contribution >= 4 is 44.9 Å². The summed E-state index contributed by atoms with van der Waals surface area (Å²) in [6.45, 7) is 2.08. The first-order valence-corrected chi connectivity index (χ1v) is 6.06. The molecule has 0 fully saturated rings. The van der Waals surface area contributed by atoms with Gasteiger partial charge in [-0.05, 0) is 55.5 Å². The smallest absolute Gasteiger partial charge is 0.0747 e. The van der Waals surface area contributed by atoms with E-state index in [0.29, 0.717) is 0 Å². The Labute approximate surface area is 110 Å². The van der Waals surface area contributed by atoms with Gasteiger partial charge in [0.1, 0.15) is 0 Å². The van der Waals surface area contributed by atoms with Gasteiger partial charge >= 0.3 is 0 Å². The quantitative estimate of drug-likeness (QED) is 0.362. The van der Waals surface area contributed by atoms with Crippen LogP contribution in [-0.4, -0.2) is 10.1 Å². The number of benzene rings is 2. The summed E-state index contributed by atoms with van der Waals surface area (Å²) in [7, 11) is 0. The summed E-state index contributed by atoms with van der Waals surface area (Å²) in [6.07, 6.45) is 0. The van der Waals surface area contributed by atoms with Gasteiger partial charge in [-0.3, -0.25) is 0 Å². The van der Waals surface area contributed by atoms with Crippen molar-refractivity contribution in [1.29, 1.82) is 0 Å². The summed E-state index contributed by atoms with van der Waals surface area (Å²) in [6, 6.07) is 14.2. The van der Waals surface area contributed by atoms with E-state index in [0.717, 1.165) is 27.5 Å². The van der Waals surface area contributed by atoms with Crippen molar-refractivity contribution in [3.8, 4) is 0 Å². The number of aryl methyl sites for hydroxylation is 1. The fourth-order valence-corrected chi connectivity index (χ4v) is 2.18. The molecule has 0 unspecified atom stereocenters. The first-order chi connectivity index (χ1) is 8.76. The summed E-state index contributed by atoms with van der Waals surface area (Å²) >= 11 is 4.62. The number of hydrogen-bond donors (Lipinski definition) is 0. The molecule has 1 heterocycles. The van der Waals surface area contributed by atoms with Crippen LogP contribution in [0.3, 0.4) is 0 Å². The second-order valence-electron chi connectivity index (χ2n) is 4.26. The molecule has 3 aromatic rings. The number of pyridine rings is 1. The highest BCUT2D eigenvalue weighted by Crippen LogP contribution is 2.24. The van der Waals surface area contributed by atoms with Crippen molar-refractivity contribution in [2.24, 2.45) is 4.99 Å². The van der Waals surface area contributed by atoms with Crippen LogP contribution in [0.5, 0.6) is 0 Å². The van der Waals surface area contributed by atoms with Crippen molar-refractivity contribution in [1.82, 2.24) is 4.98 Å². The third kappa shape index (κ3) is 1.90. The van der Waals surface area contributed by atoms with Gasteiger partial charge in [0.05, 0.1) is 21.9 Å². The standard InChI is InChI=1S/C15H10N2S/c1-10-2-4-14-11(6-10)7-12-8-13(16-9-18)3-5-15(12)17-14/h2-8H,1H3. The van der Waals surface area contributed by atoms with Crippen LogP contribution < -0.4 is 0 Å². The molecule has 2 aromatic carbocycles.